The van der Waals surface area contributed by atoms with Gasteiger partial charge < -0.3 is 4.74 Å². The number of aryl methyl sites for hydroxylation is 1. The van der Waals surface area contributed by atoms with Crippen LogP contribution in [-0.2, 0) is 16.1 Å². The molecule has 3 aliphatic rings. The number of hydrogen-bond donors (Lipinski definition) is 0. The van der Waals surface area contributed by atoms with E-state index in [1.165, 1.54) is 11.1 Å². The summed E-state index contributed by atoms with van der Waals surface area (Å²) >= 11 is 0. The van der Waals surface area contributed by atoms with E-state index in [0.29, 0.717) is 18.4 Å². The van der Waals surface area contributed by atoms with Gasteiger partial charge in [0.25, 0.3) is 5.91 Å². The van der Waals surface area contributed by atoms with Crippen molar-refractivity contribution in [3.05, 3.63) is 40.3 Å². The third-order valence-electron chi connectivity index (χ3n) is 6.31. The van der Waals surface area contributed by atoms with Gasteiger partial charge >= 0.3 is 0 Å². The molecule has 1 aliphatic heterocycles. The summed E-state index contributed by atoms with van der Waals surface area (Å²) in [7, 11) is 0. The molecule has 1 saturated heterocycles. The highest BCUT2D eigenvalue weighted by Gasteiger charge is 2.61. The van der Waals surface area contributed by atoms with Crippen LogP contribution in [0.1, 0.15) is 30.9 Å². The second-order valence-electron chi connectivity index (χ2n) is 8.13. The Balaban J connectivity index is 1.52. The number of ether oxygens (including phenoxy) is 1. The second kappa shape index (κ2) is 7.60. The lowest BCUT2D eigenvalue weighted by Crippen LogP contribution is -2.70. The maximum absolute atomic E-state index is 12.1. The van der Waals surface area contributed by atoms with Crippen LogP contribution in [0.5, 0.6) is 0 Å². The number of fused-ring (bicyclic) bond motifs is 1. The molecular weight excluding hydrogens is 342 g/mol. The van der Waals surface area contributed by atoms with Crippen molar-refractivity contribution in [3.63, 3.8) is 0 Å². The van der Waals surface area contributed by atoms with Gasteiger partial charge in [0.2, 0.25) is 0 Å². The van der Waals surface area contributed by atoms with Gasteiger partial charge in [-0.15, -0.1) is 0 Å². The van der Waals surface area contributed by atoms with Crippen LogP contribution < -0.4 is 0 Å². The molecule has 2 saturated carbocycles. The van der Waals surface area contributed by atoms with E-state index in [2.05, 4.69) is 46.3 Å². The molecule has 1 amide bonds. The number of nitroso groups, excluding NO2 is 1. The molecule has 6 heteroatoms. The van der Waals surface area contributed by atoms with E-state index in [-0.39, 0.29) is 30.5 Å². The fourth-order valence-electron chi connectivity index (χ4n) is 5.34. The van der Waals surface area contributed by atoms with Gasteiger partial charge in [0.15, 0.2) is 0 Å². The molecule has 27 heavy (non-hydrogen) atoms. The number of amides is 1. The molecule has 0 radical (unpaired) electrons. The minimum absolute atomic E-state index is 0.0180. The fraction of sp³-hybridized carbons (Fsp3) is 0.619. The summed E-state index contributed by atoms with van der Waals surface area (Å²) in [4.78, 5) is 30.5. The summed E-state index contributed by atoms with van der Waals surface area (Å²) in [5.41, 5.74) is 3.42. The van der Waals surface area contributed by atoms with E-state index < -0.39 is 0 Å². The SMILES string of the molecule is CCOCC(=O)/N=C1\C[C@@H]2CC3C1[C@H](N=O)C3N(Cc1cccc(C)c1)C2. The lowest BCUT2D eigenvalue weighted by atomic mass is 9.53. The molecule has 144 valence electrons. The average molecular weight is 369 g/mol. The molecule has 3 unspecified atom stereocenters. The first kappa shape index (κ1) is 18.4. The Labute approximate surface area is 160 Å². The molecule has 0 spiro atoms. The number of nitrogens with zero attached hydrogens (tertiary/aromatic N) is 3. The first-order valence-corrected chi connectivity index (χ1v) is 9.90. The summed E-state index contributed by atoms with van der Waals surface area (Å²) in [6.07, 6.45) is 1.91. The zero-order chi connectivity index (χ0) is 19.0. The van der Waals surface area contributed by atoms with Crippen molar-refractivity contribution in [1.82, 2.24) is 4.90 Å². The first-order valence-electron chi connectivity index (χ1n) is 9.90. The zero-order valence-corrected chi connectivity index (χ0v) is 16.0. The molecule has 0 N–H and O–H groups in total. The summed E-state index contributed by atoms with van der Waals surface area (Å²) in [5.74, 6) is 0.688. The maximum atomic E-state index is 12.1. The lowest BCUT2D eigenvalue weighted by Gasteiger charge is -2.61. The van der Waals surface area contributed by atoms with Crippen molar-refractivity contribution in [2.45, 2.75) is 45.3 Å². The molecule has 6 nitrogen and oxygen atoms in total. The third-order valence-corrected chi connectivity index (χ3v) is 6.31. The number of rotatable bonds is 6. The topological polar surface area (TPSA) is 71.3 Å². The van der Waals surface area contributed by atoms with Crippen LogP contribution in [0.4, 0.5) is 0 Å². The maximum Gasteiger partial charge on any atom is 0.271 e. The van der Waals surface area contributed by atoms with Gasteiger partial charge in [-0.1, -0.05) is 35.0 Å². The zero-order valence-electron chi connectivity index (χ0n) is 16.0. The summed E-state index contributed by atoms with van der Waals surface area (Å²) in [6, 6.07) is 8.44. The number of piperidine rings is 1. The monoisotopic (exact) mass is 369 g/mol. The Kier molecular flexibility index (Phi) is 5.19. The highest BCUT2D eigenvalue weighted by atomic mass is 16.5. The number of likely N-dealkylation sites (tertiary alicyclic amines) is 1. The van der Waals surface area contributed by atoms with Crippen LogP contribution >= 0.6 is 0 Å². The molecule has 0 aromatic heterocycles. The smallest absolute Gasteiger partial charge is 0.271 e. The summed E-state index contributed by atoms with van der Waals surface area (Å²) < 4.78 is 5.18. The first-order chi connectivity index (χ1) is 13.1. The van der Waals surface area contributed by atoms with Gasteiger partial charge in [0, 0.05) is 37.4 Å². The fourth-order valence-corrected chi connectivity index (χ4v) is 5.34. The molecule has 3 fully saturated rings. The average Bonchev–Trinajstić information content (AvgIpc) is 2.60. The summed E-state index contributed by atoms with van der Waals surface area (Å²) in [6.45, 7) is 6.27. The van der Waals surface area contributed by atoms with Crippen molar-refractivity contribution in [2.75, 3.05) is 19.8 Å². The van der Waals surface area contributed by atoms with E-state index in [1.807, 2.05) is 6.92 Å². The predicted molar refractivity (Wildman–Crippen MR) is 104 cm³/mol. The van der Waals surface area contributed by atoms with Crippen LogP contribution in [0.2, 0.25) is 0 Å². The Morgan fingerprint density at radius 2 is 2.22 bits per heavy atom. The van der Waals surface area contributed by atoms with Crippen molar-refractivity contribution < 1.29 is 9.53 Å². The van der Waals surface area contributed by atoms with Crippen LogP contribution in [0.25, 0.3) is 0 Å². The van der Waals surface area contributed by atoms with Crippen LogP contribution in [0.15, 0.2) is 34.4 Å². The van der Waals surface area contributed by atoms with Gasteiger partial charge in [-0.05, 0) is 44.1 Å². The van der Waals surface area contributed by atoms with Crippen LogP contribution in [0.3, 0.4) is 0 Å². The van der Waals surface area contributed by atoms with Crippen molar-refractivity contribution in [3.8, 4) is 0 Å². The van der Waals surface area contributed by atoms with Crippen LogP contribution in [0, 0.1) is 29.6 Å². The highest BCUT2D eigenvalue weighted by molar-refractivity contribution is 5.99. The van der Waals surface area contributed by atoms with Crippen molar-refractivity contribution in [2.24, 2.45) is 27.9 Å². The Bertz CT molecular complexity index is 763. The molecule has 1 heterocycles. The van der Waals surface area contributed by atoms with Gasteiger partial charge in [0.1, 0.15) is 12.6 Å². The standard InChI is InChI=1S/C21H27N3O3/c1-3-27-12-18(25)22-17-9-15-8-16-19(17)20(23-26)21(16)24(11-15)10-14-6-4-5-13(2)7-14/h4-7,15-16,19-21H,3,8-12H2,1-2H3/b22-17+/t15-,16?,19?,20-,21?/m0/s1. The lowest BCUT2D eigenvalue weighted by molar-refractivity contribution is -0.122. The van der Waals surface area contributed by atoms with Gasteiger partial charge in [-0.2, -0.15) is 4.91 Å². The Hall–Kier alpha value is -1.92. The van der Waals surface area contributed by atoms with Crippen LogP contribution in [-0.4, -0.2) is 48.4 Å². The number of carbonyl (C=O) groups is 1. The van der Waals surface area contributed by atoms with Gasteiger partial charge in [0.05, 0.1) is 0 Å². The second-order valence-corrected chi connectivity index (χ2v) is 8.13. The van der Waals surface area contributed by atoms with Gasteiger partial charge in [-0.25, -0.2) is 4.99 Å². The number of hydrogen-bond acceptors (Lipinski definition) is 5. The minimum atomic E-state index is -0.292. The van der Waals surface area contributed by atoms with Crippen molar-refractivity contribution in [1.29, 1.82) is 0 Å². The Morgan fingerprint density at radius 3 is 2.96 bits per heavy atom. The molecule has 1 aromatic rings. The molecule has 2 bridgehead atoms. The normalized spacial score (nSPS) is 33.6. The van der Waals surface area contributed by atoms with Crippen molar-refractivity contribution >= 4 is 11.6 Å². The largest absolute Gasteiger partial charge is 0.372 e. The molecule has 2 aliphatic carbocycles. The van der Waals surface area contributed by atoms with E-state index in [4.69, 9.17) is 4.74 Å². The quantitative estimate of drug-likeness (QED) is 0.723. The van der Waals surface area contributed by atoms with E-state index >= 15 is 0 Å². The van der Waals surface area contributed by atoms with E-state index in [9.17, 15) is 9.70 Å². The van der Waals surface area contributed by atoms with E-state index in [1.54, 1.807) is 0 Å². The molecule has 4 rings (SSSR count). The number of aliphatic imine (C=N–C) groups is 1. The molecule has 1 aromatic carbocycles. The highest BCUT2D eigenvalue weighted by Crippen LogP contribution is 2.53. The Morgan fingerprint density at radius 1 is 1.37 bits per heavy atom. The third kappa shape index (κ3) is 3.48. The van der Waals surface area contributed by atoms with E-state index in [0.717, 1.165) is 31.6 Å². The van der Waals surface area contributed by atoms with Gasteiger partial charge in [-0.3, -0.25) is 9.69 Å². The summed E-state index contributed by atoms with van der Waals surface area (Å²) in [5, 5.41) is 3.47. The predicted octanol–water partition coefficient (Wildman–Crippen LogP) is 2.97. The minimum Gasteiger partial charge on any atom is -0.372 e. The molecular formula is C21H27N3O3. The number of carbonyl (C=O) groups excluding carboxylic acids is 1. The molecule has 5 atom stereocenters. The number of benzene rings is 1.